The topological polar surface area (TPSA) is 58.3 Å². The average molecular weight is 142 g/mol. The fourth-order valence-corrected chi connectivity index (χ4v) is 0.525. The van der Waals surface area contributed by atoms with Gasteiger partial charge in [-0.3, -0.25) is 0 Å². The summed E-state index contributed by atoms with van der Waals surface area (Å²) in [7, 11) is 1.80. The maximum absolute atomic E-state index is 8.66. The molecule has 1 atom stereocenters. The second-order valence-corrected chi connectivity index (χ2v) is 1.93. The highest BCUT2D eigenvalue weighted by Crippen LogP contribution is 1.85. The lowest BCUT2D eigenvalue weighted by atomic mass is 10.2. The van der Waals surface area contributed by atoms with Crippen molar-refractivity contribution in [1.29, 1.82) is 0 Å². The van der Waals surface area contributed by atoms with Crippen molar-refractivity contribution < 1.29 is 5.11 Å². The van der Waals surface area contributed by atoms with E-state index in [9.17, 15) is 0 Å². The van der Waals surface area contributed by atoms with E-state index in [1.807, 2.05) is 0 Å². The highest BCUT2D eigenvalue weighted by Gasteiger charge is 1.98. The summed E-state index contributed by atoms with van der Waals surface area (Å²) in [6, 6.07) is 0.0825. The van der Waals surface area contributed by atoms with Crippen molar-refractivity contribution in [3.63, 3.8) is 0 Å². The molecular formula is C7H14N2O. The van der Waals surface area contributed by atoms with E-state index in [1.165, 1.54) is 0 Å². The quantitative estimate of drug-likeness (QED) is 0.439. The fourth-order valence-electron chi connectivity index (χ4n) is 0.525. The number of likely N-dealkylation sites (N-methyl/N-ethyl adjacent to an activating group) is 1. The van der Waals surface area contributed by atoms with Crippen LogP contribution in [-0.2, 0) is 0 Å². The molecule has 3 heteroatoms. The number of hydrogen-bond acceptors (Lipinski definition) is 3. The predicted molar refractivity (Wildman–Crippen MR) is 41.4 cm³/mol. The zero-order valence-electron chi connectivity index (χ0n) is 6.22. The van der Waals surface area contributed by atoms with Gasteiger partial charge in [0.25, 0.3) is 0 Å². The molecule has 0 heterocycles. The van der Waals surface area contributed by atoms with E-state index in [4.69, 9.17) is 10.8 Å². The molecule has 10 heavy (non-hydrogen) atoms. The van der Waals surface area contributed by atoms with Gasteiger partial charge < -0.3 is 16.2 Å². The van der Waals surface area contributed by atoms with Crippen LogP contribution >= 0.6 is 0 Å². The molecule has 1 unspecified atom stereocenters. The molecule has 0 spiro atoms. The summed E-state index contributed by atoms with van der Waals surface area (Å²) >= 11 is 0. The number of nitrogens with two attached hydrogens (primary N) is 1. The van der Waals surface area contributed by atoms with E-state index in [2.05, 4.69) is 17.2 Å². The summed E-state index contributed by atoms with van der Waals surface area (Å²) < 4.78 is 0. The Balaban J connectivity index is 3.43. The van der Waals surface area contributed by atoms with Gasteiger partial charge in [0.1, 0.15) is 0 Å². The van der Waals surface area contributed by atoms with Crippen molar-refractivity contribution in [2.75, 3.05) is 20.2 Å². The number of hydrogen-bond donors (Lipinski definition) is 3. The third kappa shape index (κ3) is 4.33. The number of rotatable bonds is 3. The van der Waals surface area contributed by atoms with Crippen LogP contribution in [0.4, 0.5) is 0 Å². The van der Waals surface area contributed by atoms with Crippen LogP contribution in [0.15, 0.2) is 0 Å². The first kappa shape index (κ1) is 9.44. The van der Waals surface area contributed by atoms with Crippen LogP contribution in [0.1, 0.15) is 6.42 Å². The van der Waals surface area contributed by atoms with E-state index in [-0.39, 0.29) is 12.6 Å². The molecule has 0 aliphatic rings. The summed E-state index contributed by atoms with van der Waals surface area (Å²) in [5.74, 6) is 5.56. The first-order valence-corrected chi connectivity index (χ1v) is 3.29. The van der Waals surface area contributed by atoms with Gasteiger partial charge in [-0.05, 0) is 7.05 Å². The van der Waals surface area contributed by atoms with Gasteiger partial charge >= 0.3 is 0 Å². The van der Waals surface area contributed by atoms with Gasteiger partial charge in [-0.2, -0.15) is 0 Å². The number of aliphatic hydroxyl groups is 1. The molecule has 0 aromatic rings. The minimum absolute atomic E-state index is 0.0825. The summed E-state index contributed by atoms with van der Waals surface area (Å²) in [4.78, 5) is 0. The van der Waals surface area contributed by atoms with Crippen molar-refractivity contribution >= 4 is 0 Å². The summed E-state index contributed by atoms with van der Waals surface area (Å²) in [6.07, 6.45) is 0.657. The van der Waals surface area contributed by atoms with Gasteiger partial charge in [0.2, 0.25) is 0 Å². The minimum atomic E-state index is 0.0825. The molecule has 0 aliphatic carbocycles. The molecule has 0 saturated heterocycles. The monoisotopic (exact) mass is 142 g/mol. The summed E-state index contributed by atoms with van der Waals surface area (Å²) in [5, 5.41) is 11.6. The molecule has 0 saturated carbocycles. The Morgan fingerprint density at radius 3 is 2.70 bits per heavy atom. The first-order valence-electron chi connectivity index (χ1n) is 3.29. The van der Waals surface area contributed by atoms with Crippen LogP contribution in [-0.4, -0.2) is 31.3 Å². The van der Waals surface area contributed by atoms with Crippen LogP contribution in [0.5, 0.6) is 0 Å². The third-order valence-electron chi connectivity index (χ3n) is 1.20. The molecule has 3 nitrogen and oxygen atoms in total. The van der Waals surface area contributed by atoms with Crippen molar-refractivity contribution in [3.8, 4) is 11.8 Å². The Morgan fingerprint density at radius 1 is 1.60 bits per heavy atom. The van der Waals surface area contributed by atoms with E-state index in [0.717, 1.165) is 0 Å². The molecule has 0 aromatic heterocycles. The van der Waals surface area contributed by atoms with Crippen LogP contribution in [0.3, 0.4) is 0 Å². The van der Waals surface area contributed by atoms with Gasteiger partial charge in [0.05, 0.1) is 13.2 Å². The normalized spacial score (nSPS) is 11.9. The van der Waals surface area contributed by atoms with Crippen LogP contribution in [0.2, 0.25) is 0 Å². The molecule has 0 bridgehead atoms. The molecule has 4 N–H and O–H groups in total. The van der Waals surface area contributed by atoms with Gasteiger partial charge in [0.15, 0.2) is 0 Å². The van der Waals surface area contributed by atoms with Crippen LogP contribution < -0.4 is 11.1 Å². The molecule has 0 amide bonds. The Kier molecular flexibility index (Phi) is 6.19. The standard InChI is InChI=1S/C7H14N2O/c1-9-7(6-10)4-2-3-5-8/h7,9-10H,4-6,8H2,1H3. The zero-order valence-corrected chi connectivity index (χ0v) is 6.22. The van der Waals surface area contributed by atoms with Crippen LogP contribution in [0, 0.1) is 11.8 Å². The smallest absolute Gasteiger partial charge is 0.0593 e. The lowest BCUT2D eigenvalue weighted by molar-refractivity contribution is 0.251. The maximum Gasteiger partial charge on any atom is 0.0593 e. The molecule has 0 aromatic carbocycles. The van der Waals surface area contributed by atoms with Gasteiger partial charge in [-0.25, -0.2) is 0 Å². The largest absolute Gasteiger partial charge is 0.395 e. The molecule has 0 aliphatic heterocycles. The molecule has 0 radical (unpaired) electrons. The molecule has 0 fully saturated rings. The SMILES string of the molecule is CNC(CO)CC#CCN. The third-order valence-corrected chi connectivity index (χ3v) is 1.20. The Morgan fingerprint density at radius 2 is 2.30 bits per heavy atom. The summed E-state index contributed by atoms with van der Waals surface area (Å²) in [6.45, 7) is 0.512. The van der Waals surface area contributed by atoms with Crippen molar-refractivity contribution in [2.24, 2.45) is 5.73 Å². The molecule has 0 rings (SSSR count). The van der Waals surface area contributed by atoms with E-state index in [0.29, 0.717) is 13.0 Å². The highest BCUT2D eigenvalue weighted by atomic mass is 16.3. The maximum atomic E-state index is 8.66. The predicted octanol–water partition coefficient (Wildman–Crippen LogP) is -1.08. The first-order chi connectivity index (χ1) is 4.85. The lowest BCUT2D eigenvalue weighted by Crippen LogP contribution is -2.28. The molecule has 58 valence electrons. The number of nitrogens with one attached hydrogen (secondary N) is 1. The highest BCUT2D eigenvalue weighted by molar-refractivity contribution is 5.01. The second-order valence-electron chi connectivity index (χ2n) is 1.93. The zero-order chi connectivity index (χ0) is 7.82. The minimum Gasteiger partial charge on any atom is -0.395 e. The van der Waals surface area contributed by atoms with Gasteiger partial charge in [-0.15, -0.1) is 5.92 Å². The second kappa shape index (κ2) is 6.56. The van der Waals surface area contributed by atoms with Gasteiger partial charge in [0, 0.05) is 12.5 Å². The lowest BCUT2D eigenvalue weighted by Gasteiger charge is -2.07. The summed E-state index contributed by atoms with van der Waals surface area (Å²) in [5.41, 5.74) is 5.14. The van der Waals surface area contributed by atoms with Gasteiger partial charge in [-0.1, -0.05) is 5.92 Å². The van der Waals surface area contributed by atoms with Crippen LogP contribution in [0.25, 0.3) is 0 Å². The van der Waals surface area contributed by atoms with Crippen molar-refractivity contribution in [1.82, 2.24) is 5.32 Å². The number of aliphatic hydroxyl groups excluding tert-OH is 1. The van der Waals surface area contributed by atoms with E-state index >= 15 is 0 Å². The Labute approximate surface area is 61.6 Å². The van der Waals surface area contributed by atoms with Crippen molar-refractivity contribution in [3.05, 3.63) is 0 Å². The Hall–Kier alpha value is -0.560. The van der Waals surface area contributed by atoms with E-state index in [1.54, 1.807) is 7.05 Å². The molecular weight excluding hydrogens is 128 g/mol. The fraction of sp³-hybridized carbons (Fsp3) is 0.714. The van der Waals surface area contributed by atoms with E-state index < -0.39 is 0 Å². The van der Waals surface area contributed by atoms with Crippen molar-refractivity contribution in [2.45, 2.75) is 12.5 Å². The Bertz CT molecular complexity index is 121. The average Bonchev–Trinajstić information content (AvgIpc) is 1.99.